The molecule has 6 rings (SSSR count). The molecule has 0 saturated heterocycles. The molecule has 3 nitrogen and oxygen atoms in total. The van der Waals surface area contributed by atoms with Gasteiger partial charge in [0.05, 0.1) is 16.1 Å². The maximum atomic E-state index is 6.20. The average Bonchev–Trinajstić information content (AvgIpc) is 3.10. The molecule has 276 valence electrons. The minimum absolute atomic E-state index is 0. The summed E-state index contributed by atoms with van der Waals surface area (Å²) in [6.07, 6.45) is 0. The minimum atomic E-state index is -1.45. The van der Waals surface area contributed by atoms with Crippen molar-refractivity contribution < 1.29 is 89.7 Å². The number of rotatable bonds is 8. The SMILES string of the molecule is C[Si](C)(C)c1cccc(Oc2cccc([Si](C)(C)C)c2S)c1S.Sc1ccccc1Oc1ccccc1S.[Li+].[Li+].[Li+].[Li+].[S-]c1[c-]cccc1Oc1ccc[c-]c1[S-]. The molecule has 0 amide bonds. The van der Waals surface area contributed by atoms with Gasteiger partial charge in [0.15, 0.2) is 0 Å². The van der Waals surface area contributed by atoms with E-state index < -0.39 is 16.1 Å². The van der Waals surface area contributed by atoms with Crippen molar-refractivity contribution in [3.8, 4) is 34.5 Å². The van der Waals surface area contributed by atoms with Crippen molar-refractivity contribution in [1.82, 2.24) is 0 Å². The van der Waals surface area contributed by atoms with E-state index in [1.807, 2.05) is 72.8 Å². The molecule has 0 aliphatic rings. The molecule has 0 heterocycles. The van der Waals surface area contributed by atoms with Crippen LogP contribution in [0.1, 0.15) is 0 Å². The predicted molar refractivity (Wildman–Crippen MR) is 243 cm³/mol. The van der Waals surface area contributed by atoms with Gasteiger partial charge in [-0.2, -0.15) is 24.3 Å². The fraction of sp³-hybridized carbons (Fsp3) is 0.143. The summed E-state index contributed by atoms with van der Waals surface area (Å²) in [6.45, 7) is 13.9. The molecule has 0 unspecified atom stereocenters. The van der Waals surface area contributed by atoms with Gasteiger partial charge >= 0.3 is 75.4 Å². The molecule has 0 spiro atoms. The Morgan fingerprint density at radius 3 is 1.04 bits per heavy atom. The summed E-state index contributed by atoms with van der Waals surface area (Å²) in [5.41, 5.74) is 0. The van der Waals surface area contributed by atoms with Gasteiger partial charge in [-0.05, 0) is 58.3 Å². The average molecular weight is 871 g/mol. The van der Waals surface area contributed by atoms with Crippen LogP contribution in [0.25, 0.3) is 0 Å². The molecule has 57 heavy (non-hydrogen) atoms. The van der Waals surface area contributed by atoms with Crippen LogP contribution >= 0.6 is 50.5 Å². The molecule has 0 fully saturated rings. The molecule has 0 bridgehead atoms. The maximum Gasteiger partial charge on any atom is 1.00 e. The van der Waals surface area contributed by atoms with Crippen molar-refractivity contribution in [2.24, 2.45) is 0 Å². The van der Waals surface area contributed by atoms with Crippen molar-refractivity contribution in [3.05, 3.63) is 133 Å². The molecule has 0 radical (unpaired) electrons. The first-order valence-electron chi connectivity index (χ1n) is 16.7. The second-order valence-corrected chi connectivity index (χ2v) is 26.5. The molecule has 0 aliphatic heterocycles. The van der Waals surface area contributed by atoms with Crippen LogP contribution in [0.2, 0.25) is 39.3 Å². The Kier molecular flexibility index (Phi) is 26.4. The van der Waals surface area contributed by atoms with Gasteiger partial charge in [-0.25, -0.2) is 12.1 Å². The molecular formula is C42H42Li4O3S6Si2. The molecule has 6 aromatic carbocycles. The Morgan fingerprint density at radius 2 is 0.702 bits per heavy atom. The van der Waals surface area contributed by atoms with Gasteiger partial charge in [0.2, 0.25) is 0 Å². The largest absolute Gasteiger partial charge is 1.00 e. The number of hydrogen-bond acceptors (Lipinski definition) is 9. The third-order valence-electron chi connectivity index (χ3n) is 7.57. The van der Waals surface area contributed by atoms with E-state index in [1.54, 1.807) is 24.3 Å². The number of hydrogen-bond donors (Lipinski definition) is 4. The van der Waals surface area contributed by atoms with E-state index >= 15 is 0 Å². The van der Waals surface area contributed by atoms with E-state index in [4.69, 9.17) is 64.7 Å². The molecule has 0 saturated carbocycles. The van der Waals surface area contributed by atoms with Crippen LogP contribution in [0.15, 0.2) is 151 Å². The van der Waals surface area contributed by atoms with Crippen molar-refractivity contribution in [1.29, 1.82) is 0 Å². The first-order valence-corrected chi connectivity index (χ1v) is 26.3. The fourth-order valence-corrected chi connectivity index (χ4v) is 10.9. The van der Waals surface area contributed by atoms with Gasteiger partial charge in [-0.3, -0.25) is 9.79 Å². The first kappa shape index (κ1) is 56.4. The number of para-hydroxylation sites is 2. The van der Waals surface area contributed by atoms with Gasteiger partial charge in [-0.1, -0.05) is 87.8 Å². The number of ether oxygens (including phenoxy) is 3. The molecule has 0 aromatic heterocycles. The van der Waals surface area contributed by atoms with E-state index in [2.05, 4.69) is 101 Å². The zero-order valence-electron chi connectivity index (χ0n) is 34.4. The minimum Gasteiger partial charge on any atom is -0.802 e. The molecule has 15 heteroatoms. The summed E-state index contributed by atoms with van der Waals surface area (Å²) in [5, 5.41) is 2.64. The van der Waals surface area contributed by atoms with Gasteiger partial charge in [-0.15, -0.1) is 62.6 Å². The second kappa shape index (κ2) is 26.7. The van der Waals surface area contributed by atoms with Gasteiger partial charge in [0.1, 0.15) is 23.0 Å². The maximum absolute atomic E-state index is 6.20. The Hall–Kier alpha value is -0.617. The summed E-state index contributed by atoms with van der Waals surface area (Å²) < 4.78 is 17.5. The molecule has 0 N–H and O–H groups in total. The van der Waals surface area contributed by atoms with E-state index in [0.717, 1.165) is 42.6 Å². The summed E-state index contributed by atoms with van der Waals surface area (Å²) >= 11 is 28.3. The summed E-state index contributed by atoms with van der Waals surface area (Å²) in [4.78, 5) is 4.64. The topological polar surface area (TPSA) is 27.7 Å². The number of thiol groups is 4. The molecule has 0 atom stereocenters. The zero-order valence-corrected chi connectivity index (χ0v) is 41.6. The van der Waals surface area contributed by atoms with E-state index in [-0.39, 0.29) is 75.4 Å². The first-order chi connectivity index (χ1) is 25.1. The van der Waals surface area contributed by atoms with Crippen LogP contribution in [0.3, 0.4) is 0 Å². The summed E-state index contributed by atoms with van der Waals surface area (Å²) in [5.74, 6) is 4.30. The van der Waals surface area contributed by atoms with Gasteiger partial charge in [0, 0.05) is 19.6 Å². The standard InChI is InChI=1S/C18H26OS2Si2.C12H10OS2.C12H8OS2.4Li/c1-22(2,3)15-11-7-9-13(17(15)20)19-14-10-8-12-16(18(14)21)23(4,5)6;2*14-11-7-3-1-5-9(11)13-10-6-2-4-8-12(10)15;;;;/h7-12,20-21H,1-6H3;1-8,14-15H;1-6,14-15H;;;;/q;;-2;4*+1/p-2. The Balaban J connectivity index is 0.000000822. The molecule has 6 aromatic rings. The predicted octanol–water partition coefficient (Wildman–Crippen LogP) is 0.110. The van der Waals surface area contributed by atoms with Crippen LogP contribution in [0, 0.1) is 12.1 Å². The van der Waals surface area contributed by atoms with Crippen molar-refractivity contribution in [2.75, 3.05) is 0 Å². The molecular weight excluding hydrogens is 829 g/mol. The van der Waals surface area contributed by atoms with Crippen molar-refractivity contribution in [2.45, 2.75) is 68.7 Å². The Morgan fingerprint density at radius 1 is 0.404 bits per heavy atom. The number of benzene rings is 6. The smallest absolute Gasteiger partial charge is 0.802 e. The third-order valence-corrected chi connectivity index (χ3v) is 14.4. The van der Waals surface area contributed by atoms with Gasteiger partial charge in [0.25, 0.3) is 0 Å². The third kappa shape index (κ3) is 17.3. The molecule has 0 aliphatic carbocycles. The van der Waals surface area contributed by atoms with Crippen LogP contribution in [-0.4, -0.2) is 16.1 Å². The monoisotopic (exact) mass is 870 g/mol. The van der Waals surface area contributed by atoms with Crippen molar-refractivity contribution in [3.63, 3.8) is 0 Å². The summed E-state index contributed by atoms with van der Waals surface area (Å²) in [7, 11) is -2.90. The van der Waals surface area contributed by atoms with Gasteiger partial charge < -0.3 is 39.5 Å². The normalized spacial score (nSPS) is 10.2. The zero-order chi connectivity index (χ0) is 38.8. The van der Waals surface area contributed by atoms with Crippen LogP contribution < -0.4 is 100 Å². The van der Waals surface area contributed by atoms with Crippen LogP contribution in [0.5, 0.6) is 34.5 Å². The fourth-order valence-electron chi connectivity index (χ4n) is 4.84. The Labute approximate surface area is 423 Å². The van der Waals surface area contributed by atoms with Crippen molar-refractivity contribution >= 4 is 102 Å². The van der Waals surface area contributed by atoms with E-state index in [0.29, 0.717) is 21.3 Å². The van der Waals surface area contributed by atoms with E-state index in [1.165, 1.54) is 10.4 Å². The van der Waals surface area contributed by atoms with E-state index in [9.17, 15) is 0 Å². The van der Waals surface area contributed by atoms with Crippen LogP contribution in [-0.2, 0) is 25.3 Å². The summed E-state index contributed by atoms with van der Waals surface area (Å²) in [6, 6.07) is 44.1. The Bertz CT molecular complexity index is 1910. The van der Waals surface area contributed by atoms with Crippen LogP contribution in [0.4, 0.5) is 0 Å². The quantitative estimate of drug-likeness (QED) is 0.0756. The second-order valence-electron chi connectivity index (χ2n) is 13.8.